The van der Waals surface area contributed by atoms with Gasteiger partial charge in [-0.25, -0.2) is 0 Å². The summed E-state index contributed by atoms with van der Waals surface area (Å²) in [6, 6.07) is 0. The van der Waals surface area contributed by atoms with E-state index < -0.39 is 0 Å². The van der Waals surface area contributed by atoms with Crippen molar-refractivity contribution in [2.75, 3.05) is 27.2 Å². The van der Waals surface area contributed by atoms with E-state index in [4.69, 9.17) is 4.74 Å². The fourth-order valence-electron chi connectivity index (χ4n) is 6.50. The highest BCUT2D eigenvalue weighted by Gasteiger charge is 2.11. The quantitative estimate of drug-likeness (QED) is 0.0537. The van der Waals surface area contributed by atoms with E-state index in [1.165, 1.54) is 186 Å². The van der Waals surface area contributed by atoms with Crippen molar-refractivity contribution in [3.63, 3.8) is 0 Å². The van der Waals surface area contributed by atoms with Crippen LogP contribution in [0, 0.1) is 11.8 Å². The Morgan fingerprint density at radius 3 is 1.29 bits per heavy atom. The predicted octanol–water partition coefficient (Wildman–Crippen LogP) is 13.7. The van der Waals surface area contributed by atoms with E-state index in [0.29, 0.717) is 0 Å². The average molecular weight is 592 g/mol. The molecule has 0 rings (SSSR count). The summed E-state index contributed by atoms with van der Waals surface area (Å²) >= 11 is 0. The number of rotatable bonds is 35. The SMILES string of the molecule is C=C(CCCCCCC(CCCCCCCCCC)CCCN(C)C)OCC(CCCCCC)CCCCCCCC. The molecule has 0 radical (unpaired) electrons. The molecule has 2 atom stereocenters. The number of allylic oxidation sites excluding steroid dienone is 1. The zero-order valence-electron chi connectivity index (χ0n) is 30.1. The van der Waals surface area contributed by atoms with Crippen molar-refractivity contribution in [3.8, 4) is 0 Å². The smallest absolute Gasteiger partial charge is 0.0905 e. The van der Waals surface area contributed by atoms with E-state index >= 15 is 0 Å². The van der Waals surface area contributed by atoms with Gasteiger partial charge in [-0.1, -0.05) is 175 Å². The molecule has 0 saturated heterocycles. The zero-order chi connectivity index (χ0) is 30.9. The van der Waals surface area contributed by atoms with Gasteiger partial charge in [-0.2, -0.15) is 0 Å². The minimum atomic E-state index is 0.732. The monoisotopic (exact) mass is 592 g/mol. The van der Waals surface area contributed by atoms with Crippen LogP contribution in [-0.2, 0) is 4.74 Å². The lowest BCUT2D eigenvalue weighted by molar-refractivity contribution is 0.144. The lowest BCUT2D eigenvalue weighted by Gasteiger charge is -2.19. The molecule has 0 N–H and O–H groups in total. The Hall–Kier alpha value is -0.500. The largest absolute Gasteiger partial charge is 0.498 e. The topological polar surface area (TPSA) is 12.5 Å². The Kier molecular flexibility index (Phi) is 33.0. The molecule has 0 aromatic carbocycles. The Morgan fingerprint density at radius 2 is 0.833 bits per heavy atom. The Morgan fingerprint density at radius 1 is 0.476 bits per heavy atom. The van der Waals surface area contributed by atoms with E-state index in [-0.39, 0.29) is 0 Å². The van der Waals surface area contributed by atoms with Gasteiger partial charge in [0.2, 0.25) is 0 Å². The Labute approximate surface area is 267 Å². The van der Waals surface area contributed by atoms with Crippen molar-refractivity contribution >= 4 is 0 Å². The highest BCUT2D eigenvalue weighted by atomic mass is 16.5. The maximum absolute atomic E-state index is 6.26. The highest BCUT2D eigenvalue weighted by Crippen LogP contribution is 2.25. The third kappa shape index (κ3) is 30.9. The second kappa shape index (κ2) is 33.4. The molecule has 0 aromatic rings. The Bertz CT molecular complexity index is 530. The molecule has 0 spiro atoms. The van der Waals surface area contributed by atoms with Crippen LogP contribution in [0.3, 0.4) is 0 Å². The van der Waals surface area contributed by atoms with Crippen LogP contribution in [0.1, 0.15) is 207 Å². The first-order chi connectivity index (χ1) is 20.5. The minimum Gasteiger partial charge on any atom is -0.498 e. The van der Waals surface area contributed by atoms with Gasteiger partial charge in [0.25, 0.3) is 0 Å². The molecule has 2 heteroatoms. The third-order valence-electron chi connectivity index (χ3n) is 9.46. The highest BCUT2D eigenvalue weighted by molar-refractivity contribution is 4.82. The summed E-state index contributed by atoms with van der Waals surface area (Å²) in [5.74, 6) is 2.73. The van der Waals surface area contributed by atoms with Crippen LogP contribution in [0.25, 0.3) is 0 Å². The second-order valence-electron chi connectivity index (χ2n) is 14.1. The van der Waals surface area contributed by atoms with Crippen LogP contribution in [0.15, 0.2) is 12.3 Å². The maximum atomic E-state index is 6.26. The van der Waals surface area contributed by atoms with E-state index in [9.17, 15) is 0 Å². The molecule has 42 heavy (non-hydrogen) atoms. The van der Waals surface area contributed by atoms with Gasteiger partial charge in [0.15, 0.2) is 0 Å². The molecule has 0 bridgehead atoms. The summed E-state index contributed by atoms with van der Waals surface area (Å²) in [4.78, 5) is 2.35. The molecule has 0 aromatic heterocycles. The van der Waals surface area contributed by atoms with Gasteiger partial charge in [0, 0.05) is 6.42 Å². The lowest BCUT2D eigenvalue weighted by Crippen LogP contribution is -2.14. The first-order valence-electron chi connectivity index (χ1n) is 19.5. The van der Waals surface area contributed by atoms with Gasteiger partial charge < -0.3 is 9.64 Å². The molecular weight excluding hydrogens is 510 g/mol. The van der Waals surface area contributed by atoms with Crippen LogP contribution in [0.5, 0.6) is 0 Å². The molecule has 0 aliphatic heterocycles. The third-order valence-corrected chi connectivity index (χ3v) is 9.46. The molecule has 0 saturated carbocycles. The molecule has 0 amide bonds. The summed E-state index contributed by atoms with van der Waals surface area (Å²) in [5.41, 5.74) is 0. The van der Waals surface area contributed by atoms with E-state index in [1.54, 1.807) is 0 Å². The molecule has 0 aliphatic rings. The van der Waals surface area contributed by atoms with Gasteiger partial charge in [0.1, 0.15) is 0 Å². The summed E-state index contributed by atoms with van der Waals surface area (Å²) in [7, 11) is 4.43. The number of hydrogen-bond donors (Lipinski definition) is 0. The molecular formula is C40H81NO. The molecule has 0 fully saturated rings. The zero-order valence-corrected chi connectivity index (χ0v) is 30.1. The first kappa shape index (κ1) is 41.5. The number of unbranched alkanes of at least 4 members (excludes halogenated alkanes) is 18. The average Bonchev–Trinajstić information content (AvgIpc) is 2.97. The number of hydrogen-bond acceptors (Lipinski definition) is 2. The van der Waals surface area contributed by atoms with Gasteiger partial charge >= 0.3 is 0 Å². The molecule has 2 nitrogen and oxygen atoms in total. The van der Waals surface area contributed by atoms with Crippen molar-refractivity contribution in [2.45, 2.75) is 207 Å². The minimum absolute atomic E-state index is 0.732. The van der Waals surface area contributed by atoms with Gasteiger partial charge in [-0.05, 0) is 64.6 Å². The van der Waals surface area contributed by atoms with Crippen molar-refractivity contribution < 1.29 is 4.74 Å². The summed E-state index contributed by atoms with van der Waals surface area (Å²) in [6.45, 7) is 13.4. The first-order valence-corrected chi connectivity index (χ1v) is 19.5. The van der Waals surface area contributed by atoms with Crippen LogP contribution >= 0.6 is 0 Å². The van der Waals surface area contributed by atoms with E-state index in [1.807, 2.05) is 0 Å². The second-order valence-corrected chi connectivity index (χ2v) is 14.1. The van der Waals surface area contributed by atoms with Crippen molar-refractivity contribution in [1.29, 1.82) is 0 Å². The standard InChI is InChI=1S/C40H81NO/c1-7-10-13-16-18-19-21-26-31-39(35-29-36-41(5)6)32-27-23-22-24-30-38(4)42-37-40(33-25-15-12-9-3)34-28-20-17-14-11-8-2/h39-40H,4,7-37H2,1-3,5-6H3. The van der Waals surface area contributed by atoms with Crippen LogP contribution < -0.4 is 0 Å². The van der Waals surface area contributed by atoms with Gasteiger partial charge in [-0.3, -0.25) is 0 Å². The van der Waals surface area contributed by atoms with Crippen LogP contribution in [-0.4, -0.2) is 32.1 Å². The van der Waals surface area contributed by atoms with Gasteiger partial charge in [-0.15, -0.1) is 0 Å². The normalized spacial score (nSPS) is 13.1. The Balaban J connectivity index is 4.15. The van der Waals surface area contributed by atoms with Crippen molar-refractivity contribution in [3.05, 3.63) is 12.3 Å². The number of nitrogens with zero attached hydrogens (tertiary/aromatic N) is 1. The number of ether oxygens (including phenoxy) is 1. The maximum Gasteiger partial charge on any atom is 0.0905 e. The van der Waals surface area contributed by atoms with Crippen LogP contribution in [0.4, 0.5) is 0 Å². The summed E-state index contributed by atoms with van der Waals surface area (Å²) < 4.78 is 6.26. The fraction of sp³-hybridized carbons (Fsp3) is 0.950. The molecule has 252 valence electrons. The van der Waals surface area contributed by atoms with E-state index in [2.05, 4.69) is 46.3 Å². The summed E-state index contributed by atoms with van der Waals surface area (Å²) in [5, 5.41) is 0. The van der Waals surface area contributed by atoms with Gasteiger partial charge in [0.05, 0.1) is 12.4 Å². The molecule has 0 heterocycles. The van der Waals surface area contributed by atoms with Crippen molar-refractivity contribution in [1.82, 2.24) is 4.90 Å². The van der Waals surface area contributed by atoms with Crippen molar-refractivity contribution in [2.24, 2.45) is 11.8 Å². The van der Waals surface area contributed by atoms with E-state index in [0.717, 1.165) is 30.6 Å². The molecule has 0 aliphatic carbocycles. The summed E-state index contributed by atoms with van der Waals surface area (Å²) in [6.07, 6.45) is 40.2. The predicted molar refractivity (Wildman–Crippen MR) is 192 cm³/mol. The van der Waals surface area contributed by atoms with Crippen LogP contribution in [0.2, 0.25) is 0 Å². The lowest BCUT2D eigenvalue weighted by atomic mass is 9.90. The fourth-order valence-corrected chi connectivity index (χ4v) is 6.50. The molecule has 2 unspecified atom stereocenters.